The Bertz CT molecular complexity index is 881. The first-order valence-corrected chi connectivity index (χ1v) is 8.19. The molecule has 1 atom stereocenters. The lowest BCUT2D eigenvalue weighted by Gasteiger charge is -2.15. The number of amides is 2. The molecule has 25 heavy (non-hydrogen) atoms. The number of hydrogen-bond donors (Lipinski definition) is 2. The molecule has 1 aromatic carbocycles. The number of fused-ring (bicyclic) bond motifs is 1. The number of carbonyl (C=O) groups is 2. The SMILES string of the molecule is Cc1cc2ccccc2n1CC(=O)NC(C)C(=O)NCc1ccco1. The number of carbonyl (C=O) groups excluding carboxylic acids is 2. The number of aromatic nitrogens is 1. The van der Waals surface area contributed by atoms with Crippen molar-refractivity contribution >= 4 is 22.7 Å². The molecule has 3 aromatic rings. The highest BCUT2D eigenvalue weighted by Crippen LogP contribution is 2.18. The maximum atomic E-state index is 12.3. The molecule has 0 bridgehead atoms. The highest BCUT2D eigenvalue weighted by molar-refractivity contribution is 5.88. The molecule has 0 aliphatic rings. The number of nitrogens with zero attached hydrogens (tertiary/aromatic N) is 1. The van der Waals surface area contributed by atoms with Gasteiger partial charge >= 0.3 is 0 Å². The first-order chi connectivity index (χ1) is 12.0. The van der Waals surface area contributed by atoms with Crippen molar-refractivity contribution in [2.24, 2.45) is 0 Å². The zero-order valence-corrected chi connectivity index (χ0v) is 14.3. The van der Waals surface area contributed by atoms with E-state index in [2.05, 4.69) is 10.6 Å². The number of furan rings is 1. The van der Waals surface area contributed by atoms with Crippen LogP contribution in [0.2, 0.25) is 0 Å². The Balaban J connectivity index is 1.57. The second kappa shape index (κ2) is 7.25. The lowest BCUT2D eigenvalue weighted by Crippen LogP contribution is -2.45. The van der Waals surface area contributed by atoms with Crippen LogP contribution < -0.4 is 10.6 Å². The molecule has 3 rings (SSSR count). The van der Waals surface area contributed by atoms with Crippen LogP contribution in [0.5, 0.6) is 0 Å². The summed E-state index contributed by atoms with van der Waals surface area (Å²) in [5.41, 5.74) is 2.01. The van der Waals surface area contributed by atoms with E-state index in [1.54, 1.807) is 25.3 Å². The summed E-state index contributed by atoms with van der Waals surface area (Å²) in [6.45, 7) is 4.10. The summed E-state index contributed by atoms with van der Waals surface area (Å²) < 4.78 is 7.11. The number of nitrogens with one attached hydrogen (secondary N) is 2. The van der Waals surface area contributed by atoms with Crippen LogP contribution in [-0.2, 0) is 22.7 Å². The minimum Gasteiger partial charge on any atom is -0.467 e. The van der Waals surface area contributed by atoms with Crippen LogP contribution in [0.25, 0.3) is 10.9 Å². The average Bonchev–Trinajstić information content (AvgIpc) is 3.21. The third-order valence-corrected chi connectivity index (χ3v) is 4.11. The summed E-state index contributed by atoms with van der Waals surface area (Å²) in [6.07, 6.45) is 1.55. The van der Waals surface area contributed by atoms with E-state index in [0.29, 0.717) is 12.3 Å². The van der Waals surface area contributed by atoms with Gasteiger partial charge in [0.1, 0.15) is 18.3 Å². The average molecular weight is 339 g/mol. The van der Waals surface area contributed by atoms with Gasteiger partial charge in [-0.25, -0.2) is 0 Å². The molecular weight excluding hydrogens is 318 g/mol. The Morgan fingerprint density at radius 2 is 2.00 bits per heavy atom. The Hall–Kier alpha value is -3.02. The van der Waals surface area contributed by atoms with Gasteiger partial charge in [-0.15, -0.1) is 0 Å². The van der Waals surface area contributed by atoms with Gasteiger partial charge in [0.05, 0.1) is 12.8 Å². The monoisotopic (exact) mass is 339 g/mol. The molecule has 0 saturated carbocycles. The fraction of sp³-hybridized carbons (Fsp3) is 0.263. The number of para-hydroxylation sites is 1. The van der Waals surface area contributed by atoms with Gasteiger partial charge in [-0.2, -0.15) is 0 Å². The molecule has 2 heterocycles. The van der Waals surface area contributed by atoms with Crippen LogP contribution in [0.15, 0.2) is 53.1 Å². The number of rotatable bonds is 6. The zero-order valence-electron chi connectivity index (χ0n) is 14.3. The predicted molar refractivity (Wildman–Crippen MR) is 94.8 cm³/mol. The van der Waals surface area contributed by atoms with Crippen molar-refractivity contribution in [1.29, 1.82) is 0 Å². The molecule has 130 valence electrons. The summed E-state index contributed by atoms with van der Waals surface area (Å²) in [7, 11) is 0. The van der Waals surface area contributed by atoms with Gasteiger partial charge in [0.15, 0.2) is 0 Å². The van der Waals surface area contributed by atoms with Crippen molar-refractivity contribution in [2.75, 3.05) is 0 Å². The van der Waals surface area contributed by atoms with Gasteiger partial charge in [-0.05, 0) is 43.5 Å². The first kappa shape index (κ1) is 16.8. The van der Waals surface area contributed by atoms with Crippen molar-refractivity contribution in [3.05, 3.63) is 60.2 Å². The van der Waals surface area contributed by atoms with Gasteiger partial charge in [-0.3, -0.25) is 9.59 Å². The fourth-order valence-electron chi connectivity index (χ4n) is 2.79. The van der Waals surface area contributed by atoms with Crippen LogP contribution in [0.1, 0.15) is 18.4 Å². The summed E-state index contributed by atoms with van der Waals surface area (Å²) in [4.78, 5) is 24.4. The van der Waals surface area contributed by atoms with E-state index >= 15 is 0 Å². The molecule has 6 heteroatoms. The van der Waals surface area contributed by atoms with Gasteiger partial charge in [0, 0.05) is 11.2 Å². The molecule has 0 aliphatic heterocycles. The molecule has 0 fully saturated rings. The molecule has 0 spiro atoms. The minimum absolute atomic E-state index is 0.176. The van der Waals surface area contributed by atoms with Crippen LogP contribution in [-0.4, -0.2) is 22.4 Å². The number of hydrogen-bond acceptors (Lipinski definition) is 3. The maximum absolute atomic E-state index is 12.3. The normalized spacial score (nSPS) is 12.1. The topological polar surface area (TPSA) is 76.3 Å². The lowest BCUT2D eigenvalue weighted by molar-refractivity contribution is -0.129. The van der Waals surface area contributed by atoms with Crippen LogP contribution >= 0.6 is 0 Å². The van der Waals surface area contributed by atoms with Gasteiger partial charge in [0.25, 0.3) is 0 Å². The largest absolute Gasteiger partial charge is 0.467 e. The van der Waals surface area contributed by atoms with Crippen LogP contribution in [0, 0.1) is 6.92 Å². The zero-order chi connectivity index (χ0) is 17.8. The molecule has 2 N–H and O–H groups in total. The van der Waals surface area contributed by atoms with Gasteiger partial charge < -0.3 is 19.6 Å². The minimum atomic E-state index is -0.621. The van der Waals surface area contributed by atoms with Crippen molar-refractivity contribution in [3.8, 4) is 0 Å². The molecule has 2 amide bonds. The van der Waals surface area contributed by atoms with E-state index < -0.39 is 6.04 Å². The van der Waals surface area contributed by atoms with E-state index in [1.807, 2.05) is 41.8 Å². The van der Waals surface area contributed by atoms with Crippen molar-refractivity contribution < 1.29 is 14.0 Å². The summed E-state index contributed by atoms with van der Waals surface area (Å²) in [5.74, 6) is 0.213. The van der Waals surface area contributed by atoms with Gasteiger partial charge in [-0.1, -0.05) is 18.2 Å². The standard InChI is InChI=1S/C19H21N3O3/c1-13-10-15-6-3-4-8-17(15)22(13)12-18(23)21-14(2)19(24)20-11-16-7-5-9-25-16/h3-10,14H,11-12H2,1-2H3,(H,20,24)(H,21,23). The molecular formula is C19H21N3O3. The van der Waals surface area contributed by atoms with Crippen LogP contribution in [0.3, 0.4) is 0 Å². The maximum Gasteiger partial charge on any atom is 0.242 e. The summed E-state index contributed by atoms with van der Waals surface area (Å²) in [5, 5.41) is 6.57. The third kappa shape index (κ3) is 3.91. The van der Waals surface area contributed by atoms with E-state index in [9.17, 15) is 9.59 Å². The highest BCUT2D eigenvalue weighted by atomic mass is 16.3. The Labute approximate surface area is 145 Å². The lowest BCUT2D eigenvalue weighted by atomic mass is 10.2. The van der Waals surface area contributed by atoms with Crippen molar-refractivity contribution in [1.82, 2.24) is 15.2 Å². The molecule has 0 aliphatic carbocycles. The third-order valence-electron chi connectivity index (χ3n) is 4.11. The van der Waals surface area contributed by atoms with E-state index in [1.165, 1.54) is 0 Å². The number of aryl methyl sites for hydroxylation is 1. The second-order valence-electron chi connectivity index (χ2n) is 6.02. The van der Waals surface area contributed by atoms with Crippen LogP contribution in [0.4, 0.5) is 0 Å². The Kier molecular flexibility index (Phi) is 4.88. The van der Waals surface area contributed by atoms with Crippen molar-refractivity contribution in [2.45, 2.75) is 33.0 Å². The van der Waals surface area contributed by atoms with E-state index in [4.69, 9.17) is 4.42 Å². The second-order valence-corrected chi connectivity index (χ2v) is 6.02. The summed E-state index contributed by atoms with van der Waals surface area (Å²) in [6, 6.07) is 12.9. The number of benzene rings is 1. The highest BCUT2D eigenvalue weighted by Gasteiger charge is 2.17. The predicted octanol–water partition coefficient (Wildman–Crippen LogP) is 2.36. The first-order valence-electron chi connectivity index (χ1n) is 8.19. The quantitative estimate of drug-likeness (QED) is 0.724. The molecule has 6 nitrogen and oxygen atoms in total. The Morgan fingerprint density at radius 1 is 1.20 bits per heavy atom. The van der Waals surface area contributed by atoms with E-state index in [-0.39, 0.29) is 18.4 Å². The smallest absolute Gasteiger partial charge is 0.242 e. The van der Waals surface area contributed by atoms with E-state index in [0.717, 1.165) is 16.6 Å². The van der Waals surface area contributed by atoms with Gasteiger partial charge in [0.2, 0.25) is 11.8 Å². The molecule has 2 aromatic heterocycles. The molecule has 1 unspecified atom stereocenters. The molecule has 0 radical (unpaired) electrons. The summed E-state index contributed by atoms with van der Waals surface area (Å²) >= 11 is 0. The molecule has 0 saturated heterocycles. The Morgan fingerprint density at radius 3 is 2.76 bits per heavy atom. The fourth-order valence-corrected chi connectivity index (χ4v) is 2.79. The van der Waals surface area contributed by atoms with Crippen molar-refractivity contribution in [3.63, 3.8) is 0 Å².